The Morgan fingerprint density at radius 2 is 1.82 bits per heavy atom. The van der Waals surface area contributed by atoms with Crippen molar-refractivity contribution in [2.75, 3.05) is 13.7 Å². The smallest absolute Gasteiger partial charge is 0.338 e. The van der Waals surface area contributed by atoms with Gasteiger partial charge in [-0.15, -0.1) is 0 Å². The number of allylic oxidation sites excluding steroid dienone is 1. The number of hydrogen-bond donors (Lipinski definition) is 0. The van der Waals surface area contributed by atoms with Gasteiger partial charge >= 0.3 is 5.97 Å². The molecule has 1 atom stereocenters. The minimum absolute atomic E-state index is 0.200. The van der Waals surface area contributed by atoms with Crippen molar-refractivity contribution in [3.63, 3.8) is 0 Å². The summed E-state index contributed by atoms with van der Waals surface area (Å²) in [5, 5.41) is 0. The molecule has 39 heavy (non-hydrogen) atoms. The van der Waals surface area contributed by atoms with Gasteiger partial charge in [0.2, 0.25) is 0 Å². The van der Waals surface area contributed by atoms with Gasteiger partial charge in [0, 0.05) is 17.1 Å². The zero-order chi connectivity index (χ0) is 27.8. The van der Waals surface area contributed by atoms with Crippen LogP contribution in [0.4, 0.5) is 0 Å². The molecule has 0 N–H and O–H groups in total. The third-order valence-corrected chi connectivity index (χ3v) is 7.95. The Labute approximate surface area is 231 Å². The summed E-state index contributed by atoms with van der Waals surface area (Å²) in [5.41, 5.74) is 6.82. The molecule has 0 saturated carbocycles. The molecule has 0 saturated heterocycles. The lowest BCUT2D eigenvalue weighted by Crippen LogP contribution is -2.39. The predicted molar refractivity (Wildman–Crippen MR) is 153 cm³/mol. The number of carbonyl (C=O) groups excluding carboxylic acids is 1. The van der Waals surface area contributed by atoms with Gasteiger partial charge in [0.15, 0.2) is 4.80 Å². The SMILES string of the molecule is CCOC(=O)C1=C(C)N=c2s/c(=C/c3cc(C)n(-c4cccc(C)c4)c3C)c(=O)n2[C@H]1c1ccc(OC)cc1. The Morgan fingerprint density at radius 1 is 1.08 bits per heavy atom. The van der Waals surface area contributed by atoms with Gasteiger partial charge in [0.05, 0.1) is 35.6 Å². The van der Waals surface area contributed by atoms with Crippen molar-refractivity contribution in [3.8, 4) is 11.4 Å². The van der Waals surface area contributed by atoms with Crippen LogP contribution in [0.3, 0.4) is 0 Å². The van der Waals surface area contributed by atoms with E-state index < -0.39 is 12.0 Å². The van der Waals surface area contributed by atoms with Gasteiger partial charge in [-0.25, -0.2) is 9.79 Å². The van der Waals surface area contributed by atoms with Crippen molar-refractivity contribution in [3.05, 3.63) is 114 Å². The number of hydrogen-bond acceptors (Lipinski definition) is 6. The number of benzene rings is 2. The number of rotatable bonds is 6. The molecule has 1 aliphatic heterocycles. The molecule has 5 rings (SSSR count). The van der Waals surface area contributed by atoms with Crippen molar-refractivity contribution in [2.45, 2.75) is 40.7 Å². The summed E-state index contributed by atoms with van der Waals surface area (Å²) in [6.07, 6.45) is 1.92. The van der Waals surface area contributed by atoms with Gasteiger partial charge < -0.3 is 14.0 Å². The zero-order valence-electron chi connectivity index (χ0n) is 22.9. The van der Waals surface area contributed by atoms with Crippen LogP contribution in [-0.4, -0.2) is 28.8 Å². The normalized spacial score (nSPS) is 15.2. The van der Waals surface area contributed by atoms with Crippen molar-refractivity contribution in [1.82, 2.24) is 9.13 Å². The summed E-state index contributed by atoms with van der Waals surface area (Å²) in [7, 11) is 1.60. The Kier molecular flexibility index (Phi) is 7.14. The maximum Gasteiger partial charge on any atom is 0.338 e. The van der Waals surface area contributed by atoms with E-state index in [2.05, 4.69) is 54.6 Å². The number of ether oxygens (including phenoxy) is 2. The van der Waals surface area contributed by atoms with Crippen molar-refractivity contribution in [1.29, 1.82) is 0 Å². The van der Waals surface area contributed by atoms with Crippen molar-refractivity contribution in [2.24, 2.45) is 4.99 Å². The molecule has 0 bridgehead atoms. The molecule has 2 aromatic heterocycles. The zero-order valence-corrected chi connectivity index (χ0v) is 23.8. The van der Waals surface area contributed by atoms with E-state index >= 15 is 0 Å². The van der Waals surface area contributed by atoms with E-state index in [1.807, 2.05) is 36.4 Å². The van der Waals surface area contributed by atoms with Crippen LogP contribution in [0.25, 0.3) is 11.8 Å². The quantitative estimate of drug-likeness (QED) is 0.337. The monoisotopic (exact) mass is 541 g/mol. The highest BCUT2D eigenvalue weighted by molar-refractivity contribution is 7.07. The first-order chi connectivity index (χ1) is 18.7. The molecule has 0 radical (unpaired) electrons. The Morgan fingerprint density at radius 3 is 2.49 bits per heavy atom. The third-order valence-electron chi connectivity index (χ3n) is 6.97. The largest absolute Gasteiger partial charge is 0.497 e. The molecule has 1 aliphatic rings. The Balaban J connectivity index is 1.69. The first-order valence-electron chi connectivity index (χ1n) is 12.8. The summed E-state index contributed by atoms with van der Waals surface area (Å²) < 4.78 is 15.1. The average molecular weight is 542 g/mol. The Hall–Kier alpha value is -4.17. The van der Waals surface area contributed by atoms with Gasteiger partial charge in [0.1, 0.15) is 5.75 Å². The number of aryl methyl sites for hydroxylation is 2. The first kappa shape index (κ1) is 26.4. The summed E-state index contributed by atoms with van der Waals surface area (Å²) >= 11 is 1.32. The van der Waals surface area contributed by atoms with Gasteiger partial charge in [-0.3, -0.25) is 9.36 Å². The lowest BCUT2D eigenvalue weighted by atomic mass is 9.96. The highest BCUT2D eigenvalue weighted by Gasteiger charge is 2.33. The van der Waals surface area contributed by atoms with Gasteiger partial charge in [-0.1, -0.05) is 35.6 Å². The van der Waals surface area contributed by atoms with E-state index in [-0.39, 0.29) is 12.2 Å². The molecule has 0 aliphatic carbocycles. The number of esters is 1. The molecule has 0 unspecified atom stereocenters. The van der Waals surface area contributed by atoms with Crippen LogP contribution in [0.1, 0.15) is 48.0 Å². The lowest BCUT2D eigenvalue weighted by Gasteiger charge is -2.24. The maximum absolute atomic E-state index is 14.0. The standard InChI is InChI=1S/C31H31N3O4S/c1-7-38-30(36)27-20(4)32-31-34(28(27)22-11-13-25(37-6)14-12-22)29(35)26(39-31)17-23-16-19(3)33(21(23)5)24-10-8-9-18(2)15-24/h8-17,28H,7H2,1-6H3/b26-17+/t28-/m0/s1. The second kappa shape index (κ2) is 10.5. The van der Waals surface area contributed by atoms with Crippen LogP contribution in [0.2, 0.25) is 0 Å². The van der Waals surface area contributed by atoms with Crippen LogP contribution in [-0.2, 0) is 9.53 Å². The molecule has 0 spiro atoms. The highest BCUT2D eigenvalue weighted by Crippen LogP contribution is 2.31. The number of nitrogens with zero attached hydrogens (tertiary/aromatic N) is 3. The first-order valence-corrected chi connectivity index (χ1v) is 13.6. The van der Waals surface area contributed by atoms with Crippen LogP contribution in [0.5, 0.6) is 5.75 Å². The van der Waals surface area contributed by atoms with E-state index in [1.165, 1.54) is 16.9 Å². The van der Waals surface area contributed by atoms with E-state index in [0.29, 0.717) is 26.4 Å². The topological polar surface area (TPSA) is 74.8 Å². The lowest BCUT2D eigenvalue weighted by molar-refractivity contribution is -0.139. The van der Waals surface area contributed by atoms with Gasteiger partial charge in [0.25, 0.3) is 5.56 Å². The minimum atomic E-state index is -0.659. The van der Waals surface area contributed by atoms with Gasteiger partial charge in [-0.2, -0.15) is 0 Å². The molecule has 0 amide bonds. The van der Waals surface area contributed by atoms with Crippen LogP contribution < -0.4 is 19.6 Å². The minimum Gasteiger partial charge on any atom is -0.497 e. The molecule has 2 aromatic carbocycles. The number of carbonyl (C=O) groups is 1. The molecular formula is C31H31N3O4S. The fourth-order valence-electron chi connectivity index (χ4n) is 5.13. The fraction of sp³-hybridized carbons (Fsp3) is 0.258. The average Bonchev–Trinajstić information content (AvgIpc) is 3.37. The van der Waals surface area contributed by atoms with Crippen LogP contribution in [0, 0.1) is 20.8 Å². The van der Waals surface area contributed by atoms with E-state index in [4.69, 9.17) is 9.47 Å². The molecule has 7 nitrogen and oxygen atoms in total. The number of thiazole rings is 1. The molecule has 4 aromatic rings. The van der Waals surface area contributed by atoms with Crippen molar-refractivity contribution >= 4 is 23.4 Å². The fourth-order valence-corrected chi connectivity index (χ4v) is 6.17. The number of fused-ring (bicyclic) bond motifs is 1. The van der Waals surface area contributed by atoms with E-state index in [9.17, 15) is 9.59 Å². The number of methoxy groups -OCH3 is 1. The number of aromatic nitrogens is 2. The van der Waals surface area contributed by atoms with E-state index in [0.717, 1.165) is 28.2 Å². The Bertz CT molecular complexity index is 1790. The molecule has 0 fully saturated rings. The third kappa shape index (κ3) is 4.76. The summed E-state index contributed by atoms with van der Waals surface area (Å²) in [6.45, 7) is 9.97. The molecule has 200 valence electrons. The second-order valence-corrected chi connectivity index (χ2v) is 10.6. The molecule has 3 heterocycles. The highest BCUT2D eigenvalue weighted by atomic mass is 32.1. The van der Waals surface area contributed by atoms with Crippen molar-refractivity contribution < 1.29 is 14.3 Å². The van der Waals surface area contributed by atoms with E-state index in [1.54, 1.807) is 25.5 Å². The van der Waals surface area contributed by atoms with Crippen LogP contribution in [0.15, 0.2) is 75.7 Å². The summed E-state index contributed by atoms with van der Waals surface area (Å²) in [6, 6.07) is 17.2. The summed E-state index contributed by atoms with van der Waals surface area (Å²) in [4.78, 5) is 32.3. The second-order valence-electron chi connectivity index (χ2n) is 9.58. The maximum atomic E-state index is 14.0. The predicted octanol–water partition coefficient (Wildman–Crippen LogP) is 4.52. The summed E-state index contributed by atoms with van der Waals surface area (Å²) in [5.74, 6) is 0.212. The molecule has 8 heteroatoms. The van der Waals surface area contributed by atoms with Gasteiger partial charge in [-0.05, 0) is 87.7 Å². The molecular weight excluding hydrogens is 510 g/mol. The van der Waals surface area contributed by atoms with Crippen LogP contribution >= 0.6 is 11.3 Å².